The van der Waals surface area contributed by atoms with Crippen LogP contribution in [0.2, 0.25) is 0 Å². The average molecular weight is 350 g/mol. The highest BCUT2D eigenvalue weighted by Gasteiger charge is 2.22. The third-order valence-corrected chi connectivity index (χ3v) is 3.94. The first-order chi connectivity index (χ1) is 12.6. The number of pyridine rings is 1. The maximum atomic E-state index is 12.0. The molecular weight excluding hydrogens is 332 g/mol. The van der Waals surface area contributed by atoms with Gasteiger partial charge in [-0.1, -0.05) is 54.6 Å². The number of amides is 1. The lowest BCUT2D eigenvalue weighted by Gasteiger charge is -2.15. The monoisotopic (exact) mass is 350 g/mol. The van der Waals surface area contributed by atoms with E-state index in [9.17, 15) is 14.7 Å². The van der Waals surface area contributed by atoms with Gasteiger partial charge in [0.1, 0.15) is 12.6 Å². The lowest BCUT2D eigenvalue weighted by molar-refractivity contribution is -0.139. The van der Waals surface area contributed by atoms with Crippen molar-refractivity contribution in [3.8, 4) is 0 Å². The van der Waals surface area contributed by atoms with E-state index in [0.717, 1.165) is 22.0 Å². The van der Waals surface area contributed by atoms with Gasteiger partial charge in [-0.3, -0.25) is 4.98 Å². The number of aromatic nitrogens is 1. The predicted octanol–water partition coefficient (Wildman–Crippen LogP) is 3.16. The highest BCUT2D eigenvalue weighted by atomic mass is 16.5. The van der Waals surface area contributed by atoms with E-state index < -0.39 is 18.1 Å². The number of hydrogen-bond acceptors (Lipinski definition) is 4. The van der Waals surface area contributed by atoms with Crippen LogP contribution in [0.5, 0.6) is 0 Å². The molecule has 0 aliphatic heterocycles. The van der Waals surface area contributed by atoms with E-state index in [2.05, 4.69) is 10.3 Å². The molecule has 6 heteroatoms. The number of hydrogen-bond donors (Lipinski definition) is 2. The lowest BCUT2D eigenvalue weighted by atomic mass is 10.0. The average Bonchev–Trinajstić information content (AvgIpc) is 2.67. The molecule has 1 aromatic heterocycles. The van der Waals surface area contributed by atoms with Gasteiger partial charge in [0.2, 0.25) is 0 Å². The summed E-state index contributed by atoms with van der Waals surface area (Å²) < 4.78 is 5.10. The van der Waals surface area contributed by atoms with E-state index >= 15 is 0 Å². The van der Waals surface area contributed by atoms with E-state index in [1.807, 2.05) is 60.7 Å². The van der Waals surface area contributed by atoms with Gasteiger partial charge < -0.3 is 15.2 Å². The molecule has 2 N–H and O–H groups in total. The number of para-hydroxylation sites is 1. The number of carboxylic acid groups (broad SMARTS) is 1. The van der Waals surface area contributed by atoms with E-state index in [1.165, 1.54) is 0 Å². The van der Waals surface area contributed by atoms with Crippen LogP contribution in [0.15, 0.2) is 66.9 Å². The molecule has 26 heavy (non-hydrogen) atoms. The molecule has 0 bridgehead atoms. The zero-order valence-electron chi connectivity index (χ0n) is 14.0. The van der Waals surface area contributed by atoms with Gasteiger partial charge in [-0.05, 0) is 17.2 Å². The number of alkyl carbamates (subject to hydrolysis) is 1. The highest BCUT2D eigenvalue weighted by molar-refractivity contribution is 5.84. The van der Waals surface area contributed by atoms with Gasteiger partial charge in [0, 0.05) is 18.0 Å². The molecule has 132 valence electrons. The minimum absolute atomic E-state index is 0.0782. The molecule has 6 nitrogen and oxygen atoms in total. The van der Waals surface area contributed by atoms with Crippen LogP contribution in [0.3, 0.4) is 0 Å². The standard InChI is InChI=1S/C20H18N2O4/c23-19(24)17(22-20(25)26-13-14-6-2-1-3-7-14)12-16-9-4-8-15-10-5-11-21-18(15)16/h1-11,17H,12-13H2,(H,22,25)(H,23,24). The minimum atomic E-state index is -1.13. The number of nitrogens with one attached hydrogen (secondary N) is 1. The topological polar surface area (TPSA) is 88.5 Å². The Kier molecular flexibility index (Phi) is 5.43. The van der Waals surface area contributed by atoms with Gasteiger partial charge in [-0.25, -0.2) is 9.59 Å². The van der Waals surface area contributed by atoms with Crippen LogP contribution < -0.4 is 5.32 Å². The first-order valence-electron chi connectivity index (χ1n) is 8.16. The number of carbonyl (C=O) groups excluding carboxylic acids is 1. The molecule has 0 saturated carbocycles. The van der Waals surface area contributed by atoms with Crippen molar-refractivity contribution in [3.05, 3.63) is 78.0 Å². The maximum Gasteiger partial charge on any atom is 0.408 e. The Balaban J connectivity index is 1.67. The second-order valence-corrected chi connectivity index (χ2v) is 5.79. The molecule has 0 spiro atoms. The van der Waals surface area contributed by atoms with Gasteiger partial charge in [-0.15, -0.1) is 0 Å². The van der Waals surface area contributed by atoms with Crippen molar-refractivity contribution in [2.24, 2.45) is 0 Å². The second-order valence-electron chi connectivity index (χ2n) is 5.79. The van der Waals surface area contributed by atoms with Crippen LogP contribution in [0.25, 0.3) is 10.9 Å². The van der Waals surface area contributed by atoms with E-state index in [-0.39, 0.29) is 13.0 Å². The van der Waals surface area contributed by atoms with E-state index in [1.54, 1.807) is 6.20 Å². The van der Waals surface area contributed by atoms with Gasteiger partial charge in [0.15, 0.2) is 0 Å². The molecule has 1 unspecified atom stereocenters. The molecule has 0 saturated heterocycles. The number of nitrogens with zero attached hydrogens (tertiary/aromatic N) is 1. The lowest BCUT2D eigenvalue weighted by Crippen LogP contribution is -2.42. The molecule has 1 heterocycles. The number of carbonyl (C=O) groups is 2. The summed E-state index contributed by atoms with van der Waals surface area (Å²) >= 11 is 0. The zero-order valence-corrected chi connectivity index (χ0v) is 14.0. The minimum Gasteiger partial charge on any atom is -0.480 e. The number of fused-ring (bicyclic) bond motifs is 1. The summed E-state index contributed by atoms with van der Waals surface area (Å²) in [4.78, 5) is 27.8. The summed E-state index contributed by atoms with van der Waals surface area (Å²) in [7, 11) is 0. The van der Waals surface area contributed by atoms with Crippen LogP contribution >= 0.6 is 0 Å². The Morgan fingerprint density at radius 3 is 2.58 bits per heavy atom. The van der Waals surface area contributed by atoms with Crippen LogP contribution in [0.1, 0.15) is 11.1 Å². The Hall–Kier alpha value is -3.41. The Morgan fingerprint density at radius 1 is 1.04 bits per heavy atom. The first-order valence-corrected chi connectivity index (χ1v) is 8.16. The van der Waals surface area contributed by atoms with Crippen LogP contribution in [-0.2, 0) is 22.6 Å². The number of aliphatic carboxylic acids is 1. The SMILES string of the molecule is O=C(NC(Cc1cccc2cccnc12)C(=O)O)OCc1ccccc1. The van der Waals surface area contributed by atoms with Gasteiger partial charge in [0.25, 0.3) is 0 Å². The van der Waals surface area contributed by atoms with Crippen molar-refractivity contribution >= 4 is 23.0 Å². The third kappa shape index (κ3) is 4.36. The fraction of sp³-hybridized carbons (Fsp3) is 0.150. The fourth-order valence-corrected chi connectivity index (χ4v) is 2.66. The van der Waals surface area contributed by atoms with Gasteiger partial charge in [0.05, 0.1) is 5.52 Å². The van der Waals surface area contributed by atoms with Crippen molar-refractivity contribution in [1.29, 1.82) is 0 Å². The predicted molar refractivity (Wildman–Crippen MR) is 96.6 cm³/mol. The maximum absolute atomic E-state index is 12.0. The molecule has 2 aromatic carbocycles. The Bertz CT molecular complexity index is 907. The highest BCUT2D eigenvalue weighted by Crippen LogP contribution is 2.17. The van der Waals surface area contributed by atoms with Crippen LogP contribution in [0.4, 0.5) is 4.79 Å². The largest absolute Gasteiger partial charge is 0.480 e. The Labute approximate surface area is 150 Å². The van der Waals surface area contributed by atoms with Crippen LogP contribution in [-0.4, -0.2) is 28.2 Å². The van der Waals surface area contributed by atoms with E-state index in [0.29, 0.717) is 0 Å². The molecule has 1 atom stereocenters. The summed E-state index contributed by atoms with van der Waals surface area (Å²) in [5.41, 5.74) is 2.30. The van der Waals surface area contributed by atoms with Crippen molar-refractivity contribution in [3.63, 3.8) is 0 Å². The van der Waals surface area contributed by atoms with Crippen molar-refractivity contribution in [2.75, 3.05) is 0 Å². The molecule has 0 radical (unpaired) electrons. The summed E-state index contributed by atoms with van der Waals surface area (Å²) in [5, 5.41) is 12.8. The molecule has 0 aliphatic rings. The third-order valence-electron chi connectivity index (χ3n) is 3.94. The Morgan fingerprint density at radius 2 is 1.81 bits per heavy atom. The number of rotatable bonds is 6. The summed E-state index contributed by atoms with van der Waals surface area (Å²) in [6.45, 7) is 0.0782. The fourth-order valence-electron chi connectivity index (χ4n) is 2.66. The van der Waals surface area contributed by atoms with E-state index in [4.69, 9.17) is 4.74 Å². The van der Waals surface area contributed by atoms with Crippen LogP contribution in [0, 0.1) is 0 Å². The molecule has 1 amide bonds. The number of ether oxygens (including phenoxy) is 1. The number of carboxylic acids is 1. The van der Waals surface area contributed by atoms with Crippen molar-refractivity contribution < 1.29 is 19.4 Å². The van der Waals surface area contributed by atoms with Gasteiger partial charge >= 0.3 is 12.1 Å². The normalized spacial score (nSPS) is 11.7. The number of benzene rings is 2. The molecule has 3 aromatic rings. The van der Waals surface area contributed by atoms with Crippen molar-refractivity contribution in [1.82, 2.24) is 10.3 Å². The zero-order chi connectivity index (χ0) is 18.4. The van der Waals surface area contributed by atoms with Crippen molar-refractivity contribution in [2.45, 2.75) is 19.1 Å². The second kappa shape index (κ2) is 8.11. The molecule has 0 aliphatic carbocycles. The van der Waals surface area contributed by atoms with Gasteiger partial charge in [-0.2, -0.15) is 0 Å². The summed E-state index contributed by atoms with van der Waals surface area (Å²) in [6, 6.07) is 17.4. The molecule has 3 rings (SSSR count). The quantitative estimate of drug-likeness (QED) is 0.713. The molecule has 0 fully saturated rings. The summed E-state index contributed by atoms with van der Waals surface area (Å²) in [5.74, 6) is -1.13. The summed E-state index contributed by atoms with van der Waals surface area (Å²) in [6.07, 6.45) is 1.00. The molecular formula is C20H18N2O4. The first kappa shape index (κ1) is 17.4. The smallest absolute Gasteiger partial charge is 0.408 e.